The van der Waals surface area contributed by atoms with Gasteiger partial charge >= 0.3 is 0 Å². The van der Waals surface area contributed by atoms with E-state index in [0.717, 1.165) is 62.5 Å². The predicted molar refractivity (Wildman–Crippen MR) is 134 cm³/mol. The topological polar surface area (TPSA) is 70.4 Å². The lowest BCUT2D eigenvalue weighted by molar-refractivity contribution is -0.120. The van der Waals surface area contributed by atoms with Crippen LogP contribution in [0.1, 0.15) is 44.6 Å². The number of nitrogens with one attached hydrogen (secondary N) is 3. The van der Waals surface area contributed by atoms with Crippen molar-refractivity contribution >= 4 is 41.5 Å². The van der Waals surface area contributed by atoms with Gasteiger partial charge in [-0.15, -0.1) is 24.0 Å². The Morgan fingerprint density at radius 2 is 1.87 bits per heavy atom. The zero-order valence-corrected chi connectivity index (χ0v) is 20.1. The molecule has 1 aromatic carbocycles. The molecular weight excluding hydrogens is 489 g/mol. The molecule has 0 bridgehead atoms. The lowest BCUT2D eigenvalue weighted by Gasteiger charge is -2.20. The highest BCUT2D eigenvalue weighted by atomic mass is 127. The summed E-state index contributed by atoms with van der Waals surface area (Å²) in [6.45, 7) is 5.13. The Labute approximate surface area is 196 Å². The Hall–Kier alpha value is -2.03. The number of benzene rings is 1. The Morgan fingerprint density at radius 3 is 2.60 bits per heavy atom. The molecule has 1 aliphatic rings. The molecule has 0 saturated heterocycles. The molecule has 2 aromatic rings. The van der Waals surface area contributed by atoms with Crippen LogP contribution >= 0.6 is 24.0 Å². The summed E-state index contributed by atoms with van der Waals surface area (Å²) < 4.78 is 2.13. The van der Waals surface area contributed by atoms with E-state index in [2.05, 4.69) is 44.8 Å². The molecule has 1 aliphatic carbocycles. The van der Waals surface area contributed by atoms with Gasteiger partial charge in [0.05, 0.1) is 6.54 Å². The molecule has 3 N–H and O–H groups in total. The first-order valence-electron chi connectivity index (χ1n) is 10.8. The van der Waals surface area contributed by atoms with Crippen molar-refractivity contribution in [2.75, 3.05) is 18.4 Å². The summed E-state index contributed by atoms with van der Waals surface area (Å²) in [5.74, 6) is 1.12. The molecule has 3 rings (SSSR count). The highest BCUT2D eigenvalue weighted by Gasteiger charge is 2.20. The number of rotatable bonds is 8. The molecule has 0 spiro atoms. The van der Waals surface area contributed by atoms with Crippen LogP contribution in [0, 0.1) is 5.92 Å². The summed E-state index contributed by atoms with van der Waals surface area (Å²) in [6, 6.07) is 12.1. The van der Waals surface area contributed by atoms with Crippen LogP contribution in [0.2, 0.25) is 0 Å². The molecule has 1 fully saturated rings. The normalized spacial score (nSPS) is 14.6. The van der Waals surface area contributed by atoms with Gasteiger partial charge in [0.15, 0.2) is 5.96 Å². The van der Waals surface area contributed by atoms with E-state index in [4.69, 9.17) is 0 Å². The van der Waals surface area contributed by atoms with Crippen molar-refractivity contribution < 1.29 is 4.79 Å². The number of aromatic nitrogens is 1. The number of carbonyl (C=O) groups excluding carboxylic acids is 1. The Balaban J connectivity index is 0.00000320. The second kappa shape index (κ2) is 13.3. The van der Waals surface area contributed by atoms with Gasteiger partial charge < -0.3 is 20.5 Å². The van der Waals surface area contributed by atoms with E-state index < -0.39 is 0 Å². The fourth-order valence-electron chi connectivity index (χ4n) is 3.69. The van der Waals surface area contributed by atoms with Gasteiger partial charge in [0.1, 0.15) is 0 Å². The van der Waals surface area contributed by atoms with Crippen LogP contribution in [0.3, 0.4) is 0 Å². The fourth-order valence-corrected chi connectivity index (χ4v) is 3.69. The van der Waals surface area contributed by atoms with E-state index in [1.807, 2.05) is 36.4 Å². The standard InChI is InChI=1S/C23H33N5O.HI/c1-2-24-23(25-13-16-28-14-6-7-15-28)26-18-19-9-8-12-21(17-19)27-22(29)20-10-4-3-5-11-20;/h6-9,12,14-15,17,20H,2-5,10-11,13,16,18H2,1H3,(H,27,29)(H2,24,25,26);1H. The largest absolute Gasteiger partial charge is 0.357 e. The second-order valence-corrected chi connectivity index (χ2v) is 7.57. The first-order valence-corrected chi connectivity index (χ1v) is 10.8. The van der Waals surface area contributed by atoms with Crippen molar-refractivity contribution in [1.82, 2.24) is 15.2 Å². The lowest BCUT2D eigenvalue weighted by atomic mass is 9.88. The summed E-state index contributed by atoms with van der Waals surface area (Å²) >= 11 is 0. The van der Waals surface area contributed by atoms with E-state index in [1.165, 1.54) is 6.42 Å². The monoisotopic (exact) mass is 523 g/mol. The van der Waals surface area contributed by atoms with Gasteiger partial charge in [-0.1, -0.05) is 31.4 Å². The summed E-state index contributed by atoms with van der Waals surface area (Å²) in [4.78, 5) is 17.2. The number of nitrogens with zero attached hydrogens (tertiary/aromatic N) is 2. The van der Waals surface area contributed by atoms with Crippen LogP contribution in [0.15, 0.2) is 53.8 Å². The summed E-state index contributed by atoms with van der Waals surface area (Å²) in [5, 5.41) is 9.74. The molecule has 0 radical (unpaired) electrons. The maximum Gasteiger partial charge on any atom is 0.227 e. The third-order valence-corrected chi connectivity index (χ3v) is 5.26. The summed E-state index contributed by atoms with van der Waals surface area (Å²) in [6.07, 6.45) is 9.71. The average Bonchev–Trinajstić information content (AvgIpc) is 3.26. The highest BCUT2D eigenvalue weighted by Crippen LogP contribution is 2.25. The van der Waals surface area contributed by atoms with Crippen LogP contribution < -0.4 is 16.0 Å². The van der Waals surface area contributed by atoms with Gasteiger partial charge in [0.2, 0.25) is 5.91 Å². The average molecular weight is 523 g/mol. The van der Waals surface area contributed by atoms with Crippen LogP contribution in [0.5, 0.6) is 0 Å². The van der Waals surface area contributed by atoms with Crippen molar-refractivity contribution in [3.8, 4) is 0 Å². The highest BCUT2D eigenvalue weighted by molar-refractivity contribution is 14.0. The van der Waals surface area contributed by atoms with E-state index in [0.29, 0.717) is 6.54 Å². The molecule has 0 atom stereocenters. The summed E-state index contributed by atoms with van der Waals surface area (Å²) in [7, 11) is 0. The maximum absolute atomic E-state index is 12.5. The van der Waals surface area contributed by atoms with Crippen molar-refractivity contribution in [1.29, 1.82) is 0 Å². The number of hydrogen-bond acceptors (Lipinski definition) is 2. The first-order chi connectivity index (χ1) is 14.2. The van der Waals surface area contributed by atoms with Crippen molar-refractivity contribution in [2.24, 2.45) is 10.9 Å². The third kappa shape index (κ3) is 8.01. The van der Waals surface area contributed by atoms with Crippen LogP contribution in [0.4, 0.5) is 5.69 Å². The fraction of sp³-hybridized carbons (Fsp3) is 0.478. The van der Waals surface area contributed by atoms with Gasteiger partial charge in [-0.05, 0) is 49.6 Å². The predicted octanol–water partition coefficient (Wildman–Crippen LogP) is 4.38. The number of guanidine groups is 1. The minimum Gasteiger partial charge on any atom is -0.357 e. The smallest absolute Gasteiger partial charge is 0.227 e. The van der Waals surface area contributed by atoms with Crippen LogP contribution in [-0.4, -0.2) is 29.5 Å². The molecule has 1 saturated carbocycles. The van der Waals surface area contributed by atoms with Crippen molar-refractivity contribution in [3.05, 3.63) is 54.4 Å². The zero-order valence-electron chi connectivity index (χ0n) is 17.8. The number of aliphatic imine (C=N–C) groups is 1. The molecule has 1 aromatic heterocycles. The summed E-state index contributed by atoms with van der Waals surface area (Å²) in [5.41, 5.74) is 1.94. The zero-order chi connectivity index (χ0) is 20.3. The van der Waals surface area contributed by atoms with Gasteiger partial charge in [-0.3, -0.25) is 4.79 Å². The van der Waals surface area contributed by atoms with Gasteiger partial charge in [0.25, 0.3) is 0 Å². The number of anilines is 1. The number of hydrogen-bond donors (Lipinski definition) is 3. The molecule has 0 unspecified atom stereocenters. The van der Waals surface area contributed by atoms with Crippen LogP contribution in [0.25, 0.3) is 0 Å². The van der Waals surface area contributed by atoms with Gasteiger partial charge in [-0.25, -0.2) is 4.99 Å². The van der Waals surface area contributed by atoms with E-state index in [9.17, 15) is 4.79 Å². The molecule has 164 valence electrons. The molecule has 6 nitrogen and oxygen atoms in total. The molecule has 0 aliphatic heterocycles. The second-order valence-electron chi connectivity index (χ2n) is 7.57. The van der Waals surface area contributed by atoms with Gasteiger partial charge in [0, 0.05) is 43.6 Å². The van der Waals surface area contributed by atoms with Crippen molar-refractivity contribution in [3.63, 3.8) is 0 Å². The number of amides is 1. The third-order valence-electron chi connectivity index (χ3n) is 5.26. The van der Waals surface area contributed by atoms with Crippen LogP contribution in [-0.2, 0) is 17.9 Å². The van der Waals surface area contributed by atoms with E-state index in [1.54, 1.807) is 0 Å². The quantitative estimate of drug-likeness (QED) is 0.273. The number of carbonyl (C=O) groups is 1. The number of halogens is 1. The minimum atomic E-state index is 0. The molecule has 1 amide bonds. The van der Waals surface area contributed by atoms with Crippen molar-refractivity contribution in [2.45, 2.75) is 52.1 Å². The molecule has 7 heteroatoms. The maximum atomic E-state index is 12.5. The molecular formula is C23H34IN5O. The minimum absolute atomic E-state index is 0. The lowest BCUT2D eigenvalue weighted by Crippen LogP contribution is -2.38. The SMILES string of the molecule is CCNC(=NCc1cccc(NC(=O)C2CCCCC2)c1)NCCn1cccc1.I. The molecule has 1 heterocycles. The first kappa shape index (κ1) is 24.2. The Bertz CT molecular complexity index is 785. The van der Waals surface area contributed by atoms with E-state index in [-0.39, 0.29) is 35.8 Å². The van der Waals surface area contributed by atoms with E-state index >= 15 is 0 Å². The van der Waals surface area contributed by atoms with Gasteiger partial charge in [-0.2, -0.15) is 0 Å². The Kier molecular flexibility index (Phi) is 10.8. The Morgan fingerprint density at radius 1 is 1.10 bits per heavy atom. The molecule has 30 heavy (non-hydrogen) atoms.